The second-order valence-electron chi connectivity index (χ2n) is 4.86. The molecule has 0 spiro atoms. The lowest BCUT2D eigenvalue weighted by Crippen LogP contribution is -2.13. The van der Waals surface area contributed by atoms with Crippen molar-refractivity contribution >= 4 is 11.3 Å². The van der Waals surface area contributed by atoms with E-state index in [1.807, 2.05) is 0 Å². The Morgan fingerprint density at radius 1 is 1.11 bits per heavy atom. The Bertz CT molecular complexity index is 534. The first kappa shape index (κ1) is 14.2. The van der Waals surface area contributed by atoms with Crippen molar-refractivity contribution in [3.05, 3.63) is 44.9 Å². The van der Waals surface area contributed by atoms with E-state index in [2.05, 4.69) is 54.5 Å². The second kappa shape index (κ2) is 6.78. The monoisotopic (exact) mass is 275 g/mol. The summed E-state index contributed by atoms with van der Waals surface area (Å²) in [4.78, 5) is 0. The number of aryl methyl sites for hydroxylation is 2. The minimum atomic E-state index is 0.832. The number of rotatable bonds is 6. The molecule has 1 aromatic heterocycles. The molecule has 0 radical (unpaired) electrons. The molecule has 4 heteroatoms. The molecule has 0 unspecified atom stereocenters. The number of hydrogen-bond donors (Lipinski definition) is 1. The largest absolute Gasteiger partial charge is 0.310 e. The van der Waals surface area contributed by atoms with Crippen LogP contribution in [-0.2, 0) is 13.0 Å². The van der Waals surface area contributed by atoms with E-state index in [1.165, 1.54) is 16.7 Å². The molecule has 0 amide bonds. The summed E-state index contributed by atoms with van der Waals surface area (Å²) in [7, 11) is 0. The second-order valence-corrected chi connectivity index (χ2v) is 6.01. The molecule has 1 heterocycles. The molecule has 1 aromatic carbocycles. The molecule has 0 atom stereocenters. The Morgan fingerprint density at radius 2 is 1.89 bits per heavy atom. The first-order valence-corrected chi connectivity index (χ1v) is 7.58. The Kier molecular flexibility index (Phi) is 5.05. The van der Waals surface area contributed by atoms with Crippen LogP contribution in [0.1, 0.15) is 40.1 Å². The molecular weight excluding hydrogens is 254 g/mol. The van der Waals surface area contributed by atoms with Gasteiger partial charge in [0.15, 0.2) is 0 Å². The van der Waals surface area contributed by atoms with Gasteiger partial charge >= 0.3 is 0 Å². The van der Waals surface area contributed by atoms with Gasteiger partial charge in [-0.1, -0.05) is 36.5 Å². The summed E-state index contributed by atoms with van der Waals surface area (Å²) in [6, 6.07) is 6.60. The maximum atomic E-state index is 4.27. The van der Waals surface area contributed by atoms with Crippen molar-refractivity contribution in [2.45, 2.75) is 40.2 Å². The Morgan fingerprint density at radius 3 is 2.63 bits per heavy atom. The summed E-state index contributed by atoms with van der Waals surface area (Å²) in [5.41, 5.74) is 3.99. The van der Waals surface area contributed by atoms with E-state index in [0.717, 1.165) is 35.9 Å². The van der Waals surface area contributed by atoms with Gasteiger partial charge in [-0.2, -0.15) is 0 Å². The van der Waals surface area contributed by atoms with Crippen LogP contribution in [-0.4, -0.2) is 16.7 Å². The molecule has 0 fully saturated rings. The molecule has 0 aliphatic heterocycles. The van der Waals surface area contributed by atoms with Crippen molar-refractivity contribution < 1.29 is 0 Å². The molecule has 0 saturated carbocycles. The smallest absolute Gasteiger partial charge is 0.131 e. The fourth-order valence-corrected chi connectivity index (χ4v) is 2.74. The molecule has 2 aromatic rings. The SMILES string of the molecule is CCCNCc1nnc(Cc2ccc(C)c(C)c2)s1. The molecule has 0 aliphatic carbocycles. The average molecular weight is 275 g/mol. The topological polar surface area (TPSA) is 37.8 Å². The number of nitrogens with one attached hydrogen (secondary N) is 1. The van der Waals surface area contributed by atoms with Gasteiger partial charge in [0.2, 0.25) is 0 Å². The Balaban J connectivity index is 1.97. The molecule has 0 saturated heterocycles. The molecule has 19 heavy (non-hydrogen) atoms. The van der Waals surface area contributed by atoms with Crippen LogP contribution in [0.2, 0.25) is 0 Å². The van der Waals surface area contributed by atoms with Crippen molar-refractivity contribution in [3.8, 4) is 0 Å². The minimum absolute atomic E-state index is 0.832. The molecule has 102 valence electrons. The summed E-state index contributed by atoms with van der Waals surface area (Å²) in [6.45, 7) is 8.32. The quantitative estimate of drug-likeness (QED) is 0.822. The standard InChI is InChI=1S/C15H21N3S/c1-4-7-16-10-15-18-17-14(19-15)9-13-6-5-11(2)12(3)8-13/h5-6,8,16H,4,7,9-10H2,1-3H3. The van der Waals surface area contributed by atoms with E-state index in [-0.39, 0.29) is 0 Å². The van der Waals surface area contributed by atoms with Gasteiger partial charge in [-0.3, -0.25) is 0 Å². The van der Waals surface area contributed by atoms with E-state index in [4.69, 9.17) is 0 Å². The van der Waals surface area contributed by atoms with Crippen molar-refractivity contribution in [2.75, 3.05) is 6.54 Å². The van der Waals surface area contributed by atoms with Crippen LogP contribution < -0.4 is 5.32 Å². The van der Waals surface area contributed by atoms with Gasteiger partial charge in [-0.05, 0) is 43.5 Å². The lowest BCUT2D eigenvalue weighted by atomic mass is 10.0. The normalized spacial score (nSPS) is 10.9. The van der Waals surface area contributed by atoms with Crippen LogP contribution in [0.5, 0.6) is 0 Å². The summed E-state index contributed by atoms with van der Waals surface area (Å²) in [5.74, 6) is 0. The summed E-state index contributed by atoms with van der Waals surface area (Å²) in [5, 5.41) is 14.0. The van der Waals surface area contributed by atoms with Gasteiger partial charge in [0, 0.05) is 13.0 Å². The predicted octanol–water partition coefficient (Wildman–Crippen LogP) is 3.25. The fraction of sp³-hybridized carbons (Fsp3) is 0.467. The Labute approximate surface area is 119 Å². The van der Waals surface area contributed by atoms with Crippen LogP contribution in [0, 0.1) is 13.8 Å². The fourth-order valence-electron chi connectivity index (χ4n) is 1.89. The summed E-state index contributed by atoms with van der Waals surface area (Å²) in [6.07, 6.45) is 2.03. The van der Waals surface area contributed by atoms with E-state index in [0.29, 0.717) is 0 Å². The van der Waals surface area contributed by atoms with Crippen molar-refractivity contribution in [1.82, 2.24) is 15.5 Å². The third kappa shape index (κ3) is 4.11. The van der Waals surface area contributed by atoms with Gasteiger partial charge in [0.1, 0.15) is 10.0 Å². The molecular formula is C15H21N3S. The highest BCUT2D eigenvalue weighted by Crippen LogP contribution is 2.17. The number of nitrogens with zero attached hydrogens (tertiary/aromatic N) is 2. The lowest BCUT2D eigenvalue weighted by Gasteiger charge is -2.02. The predicted molar refractivity (Wildman–Crippen MR) is 80.6 cm³/mol. The zero-order valence-corrected chi connectivity index (χ0v) is 12.7. The van der Waals surface area contributed by atoms with Gasteiger partial charge in [0.05, 0.1) is 0 Å². The molecule has 0 bridgehead atoms. The van der Waals surface area contributed by atoms with Crippen molar-refractivity contribution in [1.29, 1.82) is 0 Å². The van der Waals surface area contributed by atoms with E-state index < -0.39 is 0 Å². The molecule has 3 nitrogen and oxygen atoms in total. The van der Waals surface area contributed by atoms with Crippen molar-refractivity contribution in [3.63, 3.8) is 0 Å². The van der Waals surface area contributed by atoms with Crippen molar-refractivity contribution in [2.24, 2.45) is 0 Å². The van der Waals surface area contributed by atoms with Crippen LogP contribution in [0.25, 0.3) is 0 Å². The van der Waals surface area contributed by atoms with Gasteiger partial charge < -0.3 is 5.32 Å². The zero-order valence-electron chi connectivity index (χ0n) is 11.9. The van der Waals surface area contributed by atoms with Crippen LogP contribution in [0.3, 0.4) is 0 Å². The van der Waals surface area contributed by atoms with Gasteiger partial charge in [0.25, 0.3) is 0 Å². The zero-order chi connectivity index (χ0) is 13.7. The third-order valence-corrected chi connectivity index (χ3v) is 4.06. The first-order valence-electron chi connectivity index (χ1n) is 6.77. The first-order chi connectivity index (χ1) is 9.19. The number of aromatic nitrogens is 2. The van der Waals surface area contributed by atoms with E-state index >= 15 is 0 Å². The summed E-state index contributed by atoms with van der Waals surface area (Å²) < 4.78 is 0. The molecule has 0 aliphatic rings. The average Bonchev–Trinajstić information content (AvgIpc) is 2.82. The van der Waals surface area contributed by atoms with E-state index in [1.54, 1.807) is 11.3 Å². The summed E-state index contributed by atoms with van der Waals surface area (Å²) >= 11 is 1.70. The van der Waals surface area contributed by atoms with E-state index in [9.17, 15) is 0 Å². The number of hydrogen-bond acceptors (Lipinski definition) is 4. The minimum Gasteiger partial charge on any atom is -0.310 e. The number of benzene rings is 1. The van der Waals surface area contributed by atoms with Crippen LogP contribution in [0.15, 0.2) is 18.2 Å². The third-order valence-electron chi connectivity index (χ3n) is 3.14. The maximum absolute atomic E-state index is 4.27. The highest BCUT2D eigenvalue weighted by atomic mass is 32.1. The Hall–Kier alpha value is -1.26. The molecule has 1 N–H and O–H groups in total. The van der Waals surface area contributed by atoms with Gasteiger partial charge in [-0.15, -0.1) is 10.2 Å². The lowest BCUT2D eigenvalue weighted by molar-refractivity contribution is 0.668. The highest BCUT2D eigenvalue weighted by Gasteiger charge is 2.05. The van der Waals surface area contributed by atoms with Gasteiger partial charge in [-0.25, -0.2) is 0 Å². The van der Waals surface area contributed by atoms with Crippen LogP contribution >= 0.6 is 11.3 Å². The molecule has 2 rings (SSSR count). The van der Waals surface area contributed by atoms with Crippen LogP contribution in [0.4, 0.5) is 0 Å². The highest BCUT2D eigenvalue weighted by molar-refractivity contribution is 7.11. The maximum Gasteiger partial charge on any atom is 0.131 e.